The van der Waals surface area contributed by atoms with Gasteiger partial charge in [0.25, 0.3) is 0 Å². The van der Waals surface area contributed by atoms with Gasteiger partial charge in [0, 0.05) is 89.8 Å². The van der Waals surface area contributed by atoms with Crippen LogP contribution < -0.4 is 0 Å². The Morgan fingerprint density at radius 1 is 1.00 bits per heavy atom. The Hall–Kier alpha value is 10.9. The van der Waals surface area contributed by atoms with E-state index in [1.807, 2.05) is 0 Å². The first-order valence-corrected chi connectivity index (χ1v) is 0. The van der Waals surface area contributed by atoms with Crippen LogP contribution in [0.3, 0.4) is 0 Å². The zero-order valence-electron chi connectivity index (χ0n) is 3.04. The predicted molar refractivity (Wildman–Crippen MR) is 57.0 cm³/mol. The zero-order chi connectivity index (χ0) is 0. The second-order valence-electron chi connectivity index (χ2n) is 0. The minimum atomic E-state index is 0. The average Bonchev–Trinajstić information content (AvgIpc) is 0. The van der Waals surface area contributed by atoms with E-state index in [-0.39, 0.29) is 337 Å². The van der Waals surface area contributed by atoms with Gasteiger partial charge in [0.1, 0.15) is 0 Å². The molecule has 0 saturated heterocycles. The summed E-state index contributed by atoms with van der Waals surface area (Å²) in [5.41, 5.74) is 0. The van der Waals surface area contributed by atoms with Gasteiger partial charge in [0.05, 0.1) is 0 Å². The number of rotatable bonds is 0. The summed E-state index contributed by atoms with van der Waals surface area (Å²) in [6.45, 7) is 0. The van der Waals surface area contributed by atoms with Crippen molar-refractivity contribution < 1.29 is 89.8 Å². The third-order valence-electron chi connectivity index (χ3n) is 0. The van der Waals surface area contributed by atoms with Crippen molar-refractivity contribution in [2.75, 3.05) is 0 Å². The quantitative estimate of drug-likeness (QED) is 0.213. The Kier molecular flexibility index (Phi) is 622. The number of hydrogen-bond acceptors (Lipinski definition) is 0. The molecule has 0 N–H and O–H groups in total. The molecule has 0 bridgehead atoms. The van der Waals surface area contributed by atoms with Crippen LogP contribution in [0.2, 0.25) is 0 Å². The van der Waals surface area contributed by atoms with Gasteiger partial charge in [-0.15, -0.1) is 0 Å². The van der Waals surface area contributed by atoms with Gasteiger partial charge in [0.2, 0.25) is 0 Å². The maximum atomic E-state index is 0. The van der Waals surface area contributed by atoms with Gasteiger partial charge in [-0.25, -0.2) is 0 Å². The summed E-state index contributed by atoms with van der Waals surface area (Å²) in [5, 5.41) is 0. The molecule has 0 aromatic heterocycles. The van der Waals surface area contributed by atoms with E-state index < -0.39 is 0 Å². The molecule has 0 nitrogen and oxygen atoms in total. The third-order valence-corrected chi connectivity index (χ3v) is 0. The van der Waals surface area contributed by atoms with Crippen molar-refractivity contribution in [3.8, 4) is 0 Å². The van der Waals surface area contributed by atoms with Gasteiger partial charge >= 0.3 is 248 Å². The van der Waals surface area contributed by atoms with E-state index in [1.54, 1.807) is 0 Å². The molecule has 0 aliphatic heterocycles. The first-order valence-electron chi connectivity index (χ1n) is 0. The molecule has 0 amide bonds. The van der Waals surface area contributed by atoms with Crippen LogP contribution in [-0.4, -0.2) is 248 Å². The monoisotopic (exact) mass is 1070 g/mol. The summed E-state index contributed by atoms with van der Waals surface area (Å²) in [5.74, 6) is 0. The molecule has 0 saturated carbocycles. The van der Waals surface area contributed by atoms with Crippen LogP contribution in [0, 0.1) is 0 Å². The van der Waals surface area contributed by atoms with Crippen molar-refractivity contribution >= 4 is 248 Å². The molecule has 6 radical (unpaired) electrons. The second-order valence-corrected chi connectivity index (χ2v) is 0. The van der Waals surface area contributed by atoms with Crippen molar-refractivity contribution in [1.29, 1.82) is 0 Å². The average molecular weight is 1070 g/mol. The molecule has 0 rings (SSSR count). The van der Waals surface area contributed by atoms with Crippen LogP contribution in [0.25, 0.3) is 0 Å². The fourth-order valence-electron chi connectivity index (χ4n) is 0. The van der Waals surface area contributed by atoms with Crippen LogP contribution in [0.1, 0.15) is 0 Å². The molecule has 0 fully saturated rings. The van der Waals surface area contributed by atoms with Gasteiger partial charge in [-0.1, -0.05) is 0 Å². The number of hydrogen-bond donors (Lipinski definition) is 0. The molecule has 0 aliphatic rings. The molecule has 76 valence electrons. The predicted octanol–water partition coefficient (Wildman–Crippen LogP) is -5.89. The SMILES string of the molecule is [Ag].[BaH2].[BiH3].[Co].[Cu].[KH].[LiH].[Mn].[NaH].[Ni].[PbH2].[SrH2]. The van der Waals surface area contributed by atoms with E-state index in [0.29, 0.717) is 0 Å². The molecule has 0 heterocycles. The van der Waals surface area contributed by atoms with Crippen molar-refractivity contribution in [3.63, 3.8) is 0 Å². The summed E-state index contributed by atoms with van der Waals surface area (Å²) in [6.07, 6.45) is 0. The molecule has 0 aliphatic carbocycles. The van der Waals surface area contributed by atoms with E-state index in [9.17, 15) is 0 Å². The molecule has 0 atom stereocenters. The van der Waals surface area contributed by atoms with Crippen LogP contribution >= 0.6 is 0 Å². The van der Waals surface area contributed by atoms with Gasteiger partial charge < -0.3 is 0 Å². The Balaban J connectivity index is 0. The Morgan fingerprint density at radius 3 is 1.00 bits per heavy atom. The summed E-state index contributed by atoms with van der Waals surface area (Å²) in [7, 11) is 0. The molecule has 12 heteroatoms. The van der Waals surface area contributed by atoms with Gasteiger partial charge in [0.15, 0.2) is 0 Å². The molecule has 0 aromatic rings. The first-order chi connectivity index (χ1) is 0. The van der Waals surface area contributed by atoms with Crippen molar-refractivity contribution in [2.24, 2.45) is 0 Å². The Bertz CT molecular complexity index is 43.0. The fraction of sp³-hybridized carbons (Fsp3) is 0. The molecule has 0 unspecified atom stereocenters. The molecule has 12 heavy (non-hydrogen) atoms. The molecular weight excluding hydrogens is 1050 g/mol. The van der Waals surface area contributed by atoms with Crippen LogP contribution in [-0.2, 0) is 89.8 Å². The molecule has 0 aromatic carbocycles. The van der Waals surface area contributed by atoms with Crippen LogP contribution in [0.15, 0.2) is 0 Å². The second kappa shape index (κ2) is 80.6. The fourth-order valence-corrected chi connectivity index (χ4v) is 0. The van der Waals surface area contributed by atoms with Crippen molar-refractivity contribution in [1.82, 2.24) is 0 Å². The third kappa shape index (κ3) is 69.7. The van der Waals surface area contributed by atoms with E-state index >= 15 is 0 Å². The van der Waals surface area contributed by atoms with Crippen LogP contribution in [0.4, 0.5) is 0 Å². The zero-order valence-corrected chi connectivity index (χ0v) is 19.7. The summed E-state index contributed by atoms with van der Waals surface area (Å²) < 4.78 is 0. The van der Waals surface area contributed by atoms with E-state index in [1.165, 1.54) is 0 Å². The van der Waals surface area contributed by atoms with E-state index in [4.69, 9.17) is 0 Å². The van der Waals surface area contributed by atoms with E-state index in [0.717, 1.165) is 0 Å². The van der Waals surface area contributed by atoms with E-state index in [2.05, 4.69) is 0 Å². The van der Waals surface area contributed by atoms with Gasteiger partial charge in [-0.2, -0.15) is 0 Å². The molecular formula is H12AgBaBiCoCuKLiMnNaNiPbSr. The summed E-state index contributed by atoms with van der Waals surface area (Å²) in [6, 6.07) is 0. The normalized spacial score (nSPS) is 0. The van der Waals surface area contributed by atoms with Crippen LogP contribution in [0.5, 0.6) is 0 Å². The first kappa shape index (κ1) is 92.6. The van der Waals surface area contributed by atoms with Crippen molar-refractivity contribution in [2.45, 2.75) is 0 Å². The van der Waals surface area contributed by atoms with Gasteiger partial charge in [-0.3, -0.25) is 0 Å². The topological polar surface area (TPSA) is 0 Å². The molecule has 0 spiro atoms. The minimum absolute atomic E-state index is 0. The maximum absolute atomic E-state index is 0. The summed E-state index contributed by atoms with van der Waals surface area (Å²) in [4.78, 5) is 0. The Morgan fingerprint density at radius 2 is 1.00 bits per heavy atom. The summed E-state index contributed by atoms with van der Waals surface area (Å²) >= 11 is 0. The van der Waals surface area contributed by atoms with Gasteiger partial charge in [-0.05, 0) is 0 Å². The standard InChI is InChI=1S/Ag.Ba.Bi.Co.Cu.K.Li.Mn.Na.Ni.Pb.Sr.12H. The Labute approximate surface area is 326 Å². The van der Waals surface area contributed by atoms with Crippen molar-refractivity contribution in [3.05, 3.63) is 0 Å².